The summed E-state index contributed by atoms with van der Waals surface area (Å²) in [5, 5.41) is 0.361. The first-order chi connectivity index (χ1) is 14.9. The van der Waals surface area contributed by atoms with Gasteiger partial charge in [-0.1, -0.05) is 11.6 Å². The summed E-state index contributed by atoms with van der Waals surface area (Å²) in [6, 6.07) is 4.59. The molecular weight excluding hydrogens is 426 g/mol. The first kappa shape index (κ1) is 22.6. The molecule has 0 bridgehead atoms. The van der Waals surface area contributed by atoms with Crippen LogP contribution in [0, 0.1) is 6.92 Å². The maximum atomic E-state index is 12.5. The number of anilines is 1. The molecule has 31 heavy (non-hydrogen) atoms. The Morgan fingerprint density at radius 3 is 2.71 bits per heavy atom. The van der Waals surface area contributed by atoms with Crippen molar-refractivity contribution < 1.29 is 19.1 Å². The highest BCUT2D eigenvalue weighted by atomic mass is 35.5. The van der Waals surface area contributed by atoms with E-state index in [2.05, 4.69) is 20.8 Å². The lowest BCUT2D eigenvalue weighted by Crippen LogP contribution is -2.42. The van der Waals surface area contributed by atoms with Crippen LogP contribution in [0.15, 0.2) is 23.0 Å². The minimum atomic E-state index is -0.571. The van der Waals surface area contributed by atoms with E-state index < -0.39 is 11.8 Å². The molecule has 0 unspecified atom stereocenters. The van der Waals surface area contributed by atoms with Crippen molar-refractivity contribution in [2.75, 3.05) is 38.3 Å². The smallest absolute Gasteiger partial charge is 0.273 e. The van der Waals surface area contributed by atoms with E-state index in [4.69, 9.17) is 21.1 Å². The summed E-state index contributed by atoms with van der Waals surface area (Å²) in [6.45, 7) is 4.21. The first-order valence-corrected chi connectivity index (χ1v) is 10.1. The minimum Gasteiger partial charge on any atom is -0.496 e. The number of aromatic amines is 1. The third-order valence-electron chi connectivity index (χ3n) is 4.84. The van der Waals surface area contributed by atoms with Gasteiger partial charge in [0.25, 0.3) is 11.5 Å². The Balaban J connectivity index is 1.56. The molecule has 0 atom stereocenters. The number of halogens is 1. The summed E-state index contributed by atoms with van der Waals surface area (Å²) in [5.74, 6) is -0.199. The number of benzene rings is 1. The molecule has 0 saturated carbocycles. The minimum absolute atomic E-state index is 0.00450. The molecule has 1 aliphatic rings. The first-order valence-electron chi connectivity index (χ1n) is 9.74. The Hall–Kier alpha value is -3.11. The molecule has 0 spiro atoms. The van der Waals surface area contributed by atoms with Crippen molar-refractivity contribution in [2.45, 2.75) is 19.8 Å². The van der Waals surface area contributed by atoms with Crippen LogP contribution in [0.25, 0.3) is 0 Å². The summed E-state index contributed by atoms with van der Waals surface area (Å²) in [7, 11) is 1.43. The Kier molecular flexibility index (Phi) is 7.48. The van der Waals surface area contributed by atoms with Crippen molar-refractivity contribution in [3.8, 4) is 5.75 Å². The Bertz CT molecular complexity index is 1020. The Labute approximate surface area is 183 Å². The van der Waals surface area contributed by atoms with Crippen molar-refractivity contribution in [2.24, 2.45) is 0 Å². The lowest BCUT2D eigenvalue weighted by atomic mass is 10.1. The van der Waals surface area contributed by atoms with E-state index in [0.29, 0.717) is 54.3 Å². The molecule has 1 fully saturated rings. The fourth-order valence-corrected chi connectivity index (χ4v) is 3.34. The predicted octanol–water partition coefficient (Wildman–Crippen LogP) is 0.971. The highest BCUT2D eigenvalue weighted by molar-refractivity contribution is 6.31. The maximum Gasteiger partial charge on any atom is 0.273 e. The van der Waals surface area contributed by atoms with Crippen molar-refractivity contribution in [3.05, 3.63) is 50.4 Å². The zero-order valence-electron chi connectivity index (χ0n) is 17.3. The predicted molar refractivity (Wildman–Crippen MR) is 115 cm³/mol. The molecule has 10 nitrogen and oxygen atoms in total. The molecule has 0 radical (unpaired) electrons. The number of rotatable bonds is 6. The van der Waals surface area contributed by atoms with E-state index in [9.17, 15) is 14.4 Å². The summed E-state index contributed by atoms with van der Waals surface area (Å²) < 4.78 is 10.4. The zero-order chi connectivity index (χ0) is 22.4. The van der Waals surface area contributed by atoms with Gasteiger partial charge < -0.3 is 14.4 Å². The second-order valence-corrected chi connectivity index (χ2v) is 7.34. The number of carbonyl (C=O) groups is 2. The summed E-state index contributed by atoms with van der Waals surface area (Å²) in [5.41, 5.74) is 5.54. The number of hydrogen-bond donors (Lipinski definition) is 3. The number of nitrogens with one attached hydrogen (secondary N) is 3. The van der Waals surface area contributed by atoms with E-state index in [-0.39, 0.29) is 24.0 Å². The number of morpholine rings is 1. The molecule has 1 aliphatic heterocycles. The molecule has 2 amide bonds. The molecule has 1 aromatic heterocycles. The highest BCUT2D eigenvalue weighted by Crippen LogP contribution is 2.22. The number of aryl methyl sites for hydroxylation is 1. The van der Waals surface area contributed by atoms with Crippen LogP contribution in [0.5, 0.6) is 5.75 Å². The SMILES string of the molecule is COc1ccc(Cl)cc1C(=O)NNC(=O)CCc1c(C)nc(N2CCOCC2)[nH]c1=O. The number of nitrogens with zero attached hydrogens (tertiary/aromatic N) is 2. The van der Waals surface area contributed by atoms with Crippen molar-refractivity contribution in [1.29, 1.82) is 0 Å². The molecule has 3 N–H and O–H groups in total. The van der Waals surface area contributed by atoms with Crippen LogP contribution in [0.3, 0.4) is 0 Å². The molecule has 1 aromatic carbocycles. The number of H-pyrrole nitrogens is 1. The van der Waals surface area contributed by atoms with Crippen LogP contribution in [-0.2, 0) is 16.0 Å². The van der Waals surface area contributed by atoms with E-state index >= 15 is 0 Å². The van der Waals surface area contributed by atoms with Crippen LogP contribution in [0.4, 0.5) is 5.95 Å². The summed E-state index contributed by atoms with van der Waals surface area (Å²) in [4.78, 5) is 46.2. The van der Waals surface area contributed by atoms with Crippen LogP contribution in [0.2, 0.25) is 5.02 Å². The molecule has 2 aromatic rings. The molecule has 0 aliphatic carbocycles. The van der Waals surface area contributed by atoms with Gasteiger partial charge in [-0.3, -0.25) is 30.2 Å². The molecular formula is C20H24ClN5O5. The van der Waals surface area contributed by atoms with Gasteiger partial charge in [0.2, 0.25) is 11.9 Å². The highest BCUT2D eigenvalue weighted by Gasteiger charge is 2.17. The fourth-order valence-electron chi connectivity index (χ4n) is 3.17. The molecule has 1 saturated heterocycles. The number of hydrazine groups is 1. The third-order valence-corrected chi connectivity index (χ3v) is 5.08. The normalized spacial score (nSPS) is 13.6. The van der Waals surface area contributed by atoms with Gasteiger partial charge in [-0.15, -0.1) is 0 Å². The largest absolute Gasteiger partial charge is 0.496 e. The van der Waals surface area contributed by atoms with Gasteiger partial charge >= 0.3 is 0 Å². The van der Waals surface area contributed by atoms with Gasteiger partial charge in [-0.25, -0.2) is 4.98 Å². The number of hydrogen-bond acceptors (Lipinski definition) is 7. The lowest BCUT2D eigenvalue weighted by Gasteiger charge is -2.27. The van der Waals surface area contributed by atoms with E-state index in [1.807, 2.05) is 4.90 Å². The monoisotopic (exact) mass is 449 g/mol. The van der Waals surface area contributed by atoms with Crippen molar-refractivity contribution in [1.82, 2.24) is 20.8 Å². The lowest BCUT2D eigenvalue weighted by molar-refractivity contribution is -0.121. The van der Waals surface area contributed by atoms with E-state index in [1.165, 1.54) is 13.2 Å². The van der Waals surface area contributed by atoms with Crippen LogP contribution in [0.1, 0.15) is 28.0 Å². The van der Waals surface area contributed by atoms with Crippen molar-refractivity contribution in [3.63, 3.8) is 0 Å². The Morgan fingerprint density at radius 1 is 1.29 bits per heavy atom. The van der Waals surface area contributed by atoms with Gasteiger partial charge in [0.1, 0.15) is 5.75 Å². The van der Waals surface area contributed by atoms with Gasteiger partial charge in [0.15, 0.2) is 0 Å². The van der Waals surface area contributed by atoms with Crippen LogP contribution < -0.4 is 26.0 Å². The fraction of sp³-hybridized carbons (Fsp3) is 0.400. The second-order valence-electron chi connectivity index (χ2n) is 6.90. The summed E-state index contributed by atoms with van der Waals surface area (Å²) >= 11 is 5.92. The zero-order valence-corrected chi connectivity index (χ0v) is 18.0. The number of ether oxygens (including phenoxy) is 2. The van der Waals surface area contributed by atoms with Gasteiger partial charge in [-0.2, -0.15) is 0 Å². The number of carbonyl (C=O) groups excluding carboxylic acids is 2. The number of aromatic nitrogens is 2. The average Bonchev–Trinajstić information content (AvgIpc) is 2.77. The number of amides is 2. The number of methoxy groups -OCH3 is 1. The summed E-state index contributed by atoms with van der Waals surface area (Å²) in [6.07, 6.45) is 0.176. The van der Waals surface area contributed by atoms with E-state index in [1.54, 1.807) is 19.1 Å². The van der Waals surface area contributed by atoms with Gasteiger partial charge in [-0.05, 0) is 31.5 Å². The van der Waals surface area contributed by atoms with Gasteiger partial charge in [0.05, 0.1) is 25.9 Å². The quantitative estimate of drug-likeness (QED) is 0.561. The third kappa shape index (κ3) is 5.74. The molecule has 11 heteroatoms. The second kappa shape index (κ2) is 10.3. The molecule has 166 valence electrons. The van der Waals surface area contributed by atoms with E-state index in [0.717, 1.165) is 0 Å². The van der Waals surface area contributed by atoms with Crippen molar-refractivity contribution >= 4 is 29.4 Å². The molecule has 2 heterocycles. The Morgan fingerprint density at radius 2 is 2.03 bits per heavy atom. The topological polar surface area (TPSA) is 126 Å². The maximum absolute atomic E-state index is 12.5. The standard InChI is InChI=1S/C20H24ClN5O5/c1-12-14(18(28)23-20(22-12)26-7-9-31-10-8-26)4-6-17(27)24-25-19(29)15-11-13(21)3-5-16(15)30-2/h3,5,11H,4,6-10H2,1-2H3,(H,24,27)(H,25,29)(H,22,23,28). The average molecular weight is 450 g/mol. The van der Waals surface area contributed by atoms with Crippen LogP contribution >= 0.6 is 11.6 Å². The van der Waals surface area contributed by atoms with Gasteiger partial charge in [0, 0.05) is 35.8 Å². The molecule has 3 rings (SSSR count). The van der Waals surface area contributed by atoms with Crippen LogP contribution in [-0.4, -0.2) is 55.2 Å².